The van der Waals surface area contributed by atoms with Crippen LogP contribution >= 0.6 is 0 Å². The normalized spacial score (nSPS) is 19.9. The molecule has 1 fully saturated rings. The van der Waals surface area contributed by atoms with E-state index in [0.717, 1.165) is 38.5 Å². The summed E-state index contributed by atoms with van der Waals surface area (Å²) in [5.41, 5.74) is 5.89. The largest absolute Gasteiger partial charge is 0.466 e. The second-order valence-electron chi connectivity index (χ2n) is 4.67. The third-order valence-electron chi connectivity index (χ3n) is 3.11. The predicted molar refractivity (Wildman–Crippen MR) is 60.5 cm³/mol. The van der Waals surface area contributed by atoms with Crippen LogP contribution in [0, 0.1) is 0 Å². The molecule has 0 aliphatic heterocycles. The van der Waals surface area contributed by atoms with Gasteiger partial charge in [-0.3, -0.25) is 4.79 Å². The number of hydrogen-bond donors (Lipinski definition) is 1. The Morgan fingerprint density at radius 2 is 2.00 bits per heavy atom. The van der Waals surface area contributed by atoms with Crippen molar-refractivity contribution < 1.29 is 9.53 Å². The topological polar surface area (TPSA) is 52.3 Å². The fourth-order valence-electron chi connectivity index (χ4n) is 2.10. The lowest BCUT2D eigenvalue weighted by atomic mass is 9.80. The minimum absolute atomic E-state index is 0.118. The summed E-state index contributed by atoms with van der Waals surface area (Å²) in [5.74, 6) is -0.118. The summed E-state index contributed by atoms with van der Waals surface area (Å²) < 4.78 is 5.13. The molecule has 0 saturated heterocycles. The summed E-state index contributed by atoms with van der Waals surface area (Å²) in [6, 6.07) is 0. The second kappa shape index (κ2) is 6.11. The van der Waals surface area contributed by atoms with Crippen LogP contribution in [-0.4, -0.2) is 18.1 Å². The zero-order valence-corrected chi connectivity index (χ0v) is 9.76. The van der Waals surface area contributed by atoms with E-state index in [1.807, 2.05) is 0 Å². The molecule has 0 radical (unpaired) electrons. The Balaban J connectivity index is 2.23. The molecule has 3 nitrogen and oxygen atoms in total. The van der Waals surface area contributed by atoms with Gasteiger partial charge in [0.15, 0.2) is 0 Å². The molecule has 0 bridgehead atoms. The number of hydrogen-bond acceptors (Lipinski definition) is 3. The van der Waals surface area contributed by atoms with Crippen LogP contribution in [0.2, 0.25) is 0 Å². The Morgan fingerprint density at radius 1 is 1.33 bits per heavy atom. The molecule has 0 aromatic heterocycles. The first-order valence-corrected chi connectivity index (χ1v) is 6.11. The summed E-state index contributed by atoms with van der Waals surface area (Å²) in [7, 11) is 0. The van der Waals surface area contributed by atoms with Crippen LogP contribution in [0.4, 0.5) is 0 Å². The highest BCUT2D eigenvalue weighted by Gasteiger charge is 2.30. The van der Waals surface area contributed by atoms with E-state index in [4.69, 9.17) is 10.5 Å². The fourth-order valence-corrected chi connectivity index (χ4v) is 2.10. The number of nitrogens with two attached hydrogens (primary N) is 1. The van der Waals surface area contributed by atoms with Crippen molar-refractivity contribution in [3.8, 4) is 0 Å². The minimum Gasteiger partial charge on any atom is -0.466 e. The van der Waals surface area contributed by atoms with Crippen LogP contribution in [0.3, 0.4) is 0 Å². The molecule has 0 spiro atoms. The Morgan fingerprint density at radius 3 is 2.60 bits per heavy atom. The third kappa shape index (κ3) is 4.65. The summed E-state index contributed by atoms with van der Waals surface area (Å²) in [5, 5.41) is 0. The standard InChI is InChI=1S/C12H23NO2/c1-2-3-9-15-11(14)10-12(13)7-5-4-6-8-12/h2-10,13H2,1H3. The van der Waals surface area contributed by atoms with Crippen molar-refractivity contribution in [2.75, 3.05) is 6.61 Å². The van der Waals surface area contributed by atoms with Gasteiger partial charge >= 0.3 is 5.97 Å². The summed E-state index contributed by atoms with van der Waals surface area (Å²) in [6.07, 6.45) is 7.90. The minimum atomic E-state index is -0.276. The van der Waals surface area contributed by atoms with Gasteiger partial charge in [0.05, 0.1) is 13.0 Å². The third-order valence-corrected chi connectivity index (χ3v) is 3.11. The first-order chi connectivity index (χ1) is 7.16. The van der Waals surface area contributed by atoms with Gasteiger partial charge in [-0.2, -0.15) is 0 Å². The van der Waals surface area contributed by atoms with Gasteiger partial charge in [-0.15, -0.1) is 0 Å². The molecule has 0 aromatic carbocycles. The van der Waals surface area contributed by atoms with Gasteiger partial charge in [-0.25, -0.2) is 0 Å². The van der Waals surface area contributed by atoms with Crippen LogP contribution in [0.5, 0.6) is 0 Å². The van der Waals surface area contributed by atoms with E-state index in [2.05, 4.69) is 6.92 Å². The molecule has 15 heavy (non-hydrogen) atoms. The average molecular weight is 213 g/mol. The molecule has 88 valence electrons. The van der Waals surface area contributed by atoms with Gasteiger partial charge in [0, 0.05) is 5.54 Å². The number of carbonyl (C=O) groups excluding carboxylic acids is 1. The van der Waals surface area contributed by atoms with Crippen molar-refractivity contribution in [3.05, 3.63) is 0 Å². The lowest BCUT2D eigenvalue weighted by Gasteiger charge is -2.32. The van der Waals surface area contributed by atoms with Gasteiger partial charge < -0.3 is 10.5 Å². The smallest absolute Gasteiger partial charge is 0.307 e. The van der Waals surface area contributed by atoms with Gasteiger partial charge in [-0.05, 0) is 19.3 Å². The Bertz CT molecular complexity index is 198. The number of esters is 1. The lowest BCUT2D eigenvalue weighted by Crippen LogP contribution is -2.43. The summed E-state index contributed by atoms with van der Waals surface area (Å²) in [4.78, 5) is 11.5. The maximum Gasteiger partial charge on any atom is 0.307 e. The molecule has 0 heterocycles. The molecule has 0 unspecified atom stereocenters. The van der Waals surface area contributed by atoms with E-state index in [-0.39, 0.29) is 11.5 Å². The van der Waals surface area contributed by atoms with Crippen molar-refractivity contribution >= 4 is 5.97 Å². The zero-order valence-electron chi connectivity index (χ0n) is 9.76. The zero-order chi connectivity index (χ0) is 11.1. The van der Waals surface area contributed by atoms with E-state index in [0.29, 0.717) is 13.0 Å². The maximum absolute atomic E-state index is 11.5. The lowest BCUT2D eigenvalue weighted by molar-refractivity contribution is -0.145. The highest BCUT2D eigenvalue weighted by atomic mass is 16.5. The van der Waals surface area contributed by atoms with Gasteiger partial charge in [0.25, 0.3) is 0 Å². The first-order valence-electron chi connectivity index (χ1n) is 6.11. The monoisotopic (exact) mass is 213 g/mol. The molecule has 1 saturated carbocycles. The van der Waals surface area contributed by atoms with E-state index >= 15 is 0 Å². The van der Waals surface area contributed by atoms with Crippen LogP contribution < -0.4 is 5.73 Å². The Kier molecular flexibility index (Phi) is 5.09. The number of ether oxygens (including phenoxy) is 1. The van der Waals surface area contributed by atoms with Gasteiger partial charge in [0.1, 0.15) is 0 Å². The molecule has 2 N–H and O–H groups in total. The Labute approximate surface area is 92.4 Å². The van der Waals surface area contributed by atoms with E-state index in [1.54, 1.807) is 0 Å². The molecule has 1 rings (SSSR count). The van der Waals surface area contributed by atoms with E-state index in [1.165, 1.54) is 6.42 Å². The second-order valence-corrected chi connectivity index (χ2v) is 4.67. The number of unbranched alkanes of at least 4 members (excludes halogenated alkanes) is 1. The van der Waals surface area contributed by atoms with Crippen molar-refractivity contribution in [3.63, 3.8) is 0 Å². The number of rotatable bonds is 5. The van der Waals surface area contributed by atoms with Crippen molar-refractivity contribution in [1.82, 2.24) is 0 Å². The van der Waals surface area contributed by atoms with Crippen molar-refractivity contribution in [1.29, 1.82) is 0 Å². The van der Waals surface area contributed by atoms with Crippen LogP contribution in [0.1, 0.15) is 58.3 Å². The highest BCUT2D eigenvalue weighted by molar-refractivity contribution is 5.70. The first kappa shape index (κ1) is 12.5. The van der Waals surface area contributed by atoms with Crippen molar-refractivity contribution in [2.45, 2.75) is 63.8 Å². The molecular formula is C12H23NO2. The molecule has 0 aromatic rings. The highest BCUT2D eigenvalue weighted by Crippen LogP contribution is 2.28. The molecule has 0 amide bonds. The molecule has 0 atom stereocenters. The van der Waals surface area contributed by atoms with Crippen LogP contribution in [0.25, 0.3) is 0 Å². The average Bonchev–Trinajstić information content (AvgIpc) is 2.18. The van der Waals surface area contributed by atoms with Gasteiger partial charge in [0.2, 0.25) is 0 Å². The number of carbonyl (C=O) groups is 1. The quantitative estimate of drug-likeness (QED) is 0.563. The summed E-state index contributed by atoms with van der Waals surface area (Å²) in [6.45, 7) is 2.63. The molecule has 1 aliphatic rings. The van der Waals surface area contributed by atoms with Gasteiger partial charge in [-0.1, -0.05) is 32.6 Å². The summed E-state index contributed by atoms with van der Waals surface area (Å²) >= 11 is 0. The Hall–Kier alpha value is -0.570. The fraction of sp³-hybridized carbons (Fsp3) is 0.917. The van der Waals surface area contributed by atoms with E-state index < -0.39 is 0 Å². The van der Waals surface area contributed by atoms with E-state index in [9.17, 15) is 4.79 Å². The molecule has 3 heteroatoms. The SMILES string of the molecule is CCCCOC(=O)CC1(N)CCCCC1. The van der Waals surface area contributed by atoms with Crippen LogP contribution in [-0.2, 0) is 9.53 Å². The van der Waals surface area contributed by atoms with Crippen LogP contribution in [0.15, 0.2) is 0 Å². The predicted octanol–water partition coefficient (Wildman–Crippen LogP) is 2.38. The van der Waals surface area contributed by atoms with Crippen molar-refractivity contribution in [2.24, 2.45) is 5.73 Å². The molecular weight excluding hydrogens is 190 g/mol. The maximum atomic E-state index is 11.5. The molecule has 1 aliphatic carbocycles.